The minimum absolute atomic E-state index is 0.664. The van der Waals surface area contributed by atoms with Crippen LogP contribution in [0.1, 0.15) is 5.69 Å². The first-order valence-electron chi connectivity index (χ1n) is 6.41. The molecule has 0 aliphatic rings. The number of benzene rings is 2. The van der Waals surface area contributed by atoms with Crippen molar-refractivity contribution in [1.82, 2.24) is 4.98 Å². The van der Waals surface area contributed by atoms with Gasteiger partial charge in [0.2, 0.25) is 0 Å². The average Bonchev–Trinajstić information content (AvgIpc) is 2.46. The molecule has 0 amide bonds. The minimum atomic E-state index is 0.664. The SMILES string of the molecule is Cc1cc2c(Nc3ccc(Br)c(Cl)c3)ccc(N)c2cn1. The van der Waals surface area contributed by atoms with Crippen molar-refractivity contribution in [2.24, 2.45) is 0 Å². The molecule has 0 bridgehead atoms. The molecule has 106 valence electrons. The number of anilines is 3. The van der Waals surface area contributed by atoms with Gasteiger partial charge in [0.05, 0.1) is 5.02 Å². The Balaban J connectivity index is 2.10. The molecule has 1 aromatic heterocycles. The lowest BCUT2D eigenvalue weighted by Gasteiger charge is -2.12. The van der Waals surface area contributed by atoms with Gasteiger partial charge in [0.15, 0.2) is 0 Å². The zero-order valence-corrected chi connectivity index (χ0v) is 13.7. The van der Waals surface area contributed by atoms with Crippen LogP contribution in [0.2, 0.25) is 5.02 Å². The van der Waals surface area contributed by atoms with Crippen molar-refractivity contribution in [3.63, 3.8) is 0 Å². The molecule has 0 saturated heterocycles. The number of pyridine rings is 1. The number of nitrogens with one attached hydrogen (secondary N) is 1. The van der Waals surface area contributed by atoms with Crippen molar-refractivity contribution in [1.29, 1.82) is 0 Å². The molecule has 3 rings (SSSR count). The Morgan fingerprint density at radius 2 is 1.95 bits per heavy atom. The molecular weight excluding hydrogens is 350 g/mol. The first-order chi connectivity index (χ1) is 10.0. The van der Waals surface area contributed by atoms with Crippen LogP contribution in [0.4, 0.5) is 17.1 Å². The fourth-order valence-electron chi connectivity index (χ4n) is 2.20. The molecular formula is C16H13BrClN3. The minimum Gasteiger partial charge on any atom is -0.398 e. The van der Waals surface area contributed by atoms with Gasteiger partial charge in [-0.25, -0.2) is 0 Å². The Hall–Kier alpha value is -1.78. The molecule has 3 nitrogen and oxygen atoms in total. The molecule has 2 aromatic carbocycles. The summed E-state index contributed by atoms with van der Waals surface area (Å²) in [5.41, 5.74) is 9.58. The summed E-state index contributed by atoms with van der Waals surface area (Å²) in [5.74, 6) is 0. The third kappa shape index (κ3) is 2.82. The maximum absolute atomic E-state index is 6.13. The molecule has 0 aliphatic carbocycles. The van der Waals surface area contributed by atoms with Crippen LogP contribution in [0, 0.1) is 6.92 Å². The molecule has 3 aromatic rings. The summed E-state index contributed by atoms with van der Waals surface area (Å²) >= 11 is 9.52. The van der Waals surface area contributed by atoms with Crippen LogP contribution >= 0.6 is 27.5 Å². The van der Waals surface area contributed by atoms with E-state index in [2.05, 4.69) is 26.2 Å². The summed E-state index contributed by atoms with van der Waals surface area (Å²) < 4.78 is 0.872. The Morgan fingerprint density at radius 3 is 2.71 bits per heavy atom. The molecule has 0 spiro atoms. The Bertz CT molecular complexity index is 833. The average molecular weight is 363 g/mol. The zero-order chi connectivity index (χ0) is 15.0. The van der Waals surface area contributed by atoms with Crippen LogP contribution in [0.15, 0.2) is 47.1 Å². The van der Waals surface area contributed by atoms with Crippen LogP contribution in [0.25, 0.3) is 10.8 Å². The molecule has 1 heterocycles. The Labute approximate surface area is 136 Å². The van der Waals surface area contributed by atoms with Gasteiger partial charge in [-0.2, -0.15) is 0 Å². The van der Waals surface area contributed by atoms with Crippen molar-refractivity contribution < 1.29 is 0 Å². The number of aryl methyl sites for hydroxylation is 1. The van der Waals surface area contributed by atoms with Crippen molar-refractivity contribution in [3.8, 4) is 0 Å². The van der Waals surface area contributed by atoms with Gasteiger partial charge in [-0.3, -0.25) is 4.98 Å². The number of nitrogens with two attached hydrogens (primary N) is 1. The third-order valence-electron chi connectivity index (χ3n) is 3.27. The molecule has 5 heteroatoms. The van der Waals surface area contributed by atoms with E-state index in [0.717, 1.165) is 38.0 Å². The number of nitrogen functional groups attached to an aromatic ring is 1. The van der Waals surface area contributed by atoms with Crippen molar-refractivity contribution >= 4 is 55.4 Å². The van der Waals surface area contributed by atoms with Gasteiger partial charge in [-0.05, 0) is 59.3 Å². The lowest BCUT2D eigenvalue weighted by molar-refractivity contribution is 1.22. The summed E-state index contributed by atoms with van der Waals surface area (Å²) in [6.07, 6.45) is 1.81. The van der Waals surface area contributed by atoms with Crippen LogP contribution in [0.5, 0.6) is 0 Å². The van der Waals surface area contributed by atoms with E-state index in [-0.39, 0.29) is 0 Å². The maximum atomic E-state index is 6.13. The number of hydrogen-bond donors (Lipinski definition) is 2. The van der Waals surface area contributed by atoms with Crippen molar-refractivity contribution in [3.05, 3.63) is 57.8 Å². The molecule has 0 atom stereocenters. The lowest BCUT2D eigenvalue weighted by Crippen LogP contribution is -1.95. The van der Waals surface area contributed by atoms with Gasteiger partial charge >= 0.3 is 0 Å². The van der Waals surface area contributed by atoms with E-state index >= 15 is 0 Å². The second-order valence-electron chi connectivity index (χ2n) is 4.83. The van der Waals surface area contributed by atoms with Crippen molar-refractivity contribution in [2.75, 3.05) is 11.1 Å². The van der Waals surface area contributed by atoms with Gasteiger partial charge in [-0.15, -0.1) is 0 Å². The second kappa shape index (κ2) is 5.54. The highest BCUT2D eigenvalue weighted by Gasteiger charge is 2.06. The predicted molar refractivity (Wildman–Crippen MR) is 93.3 cm³/mol. The molecule has 3 N–H and O–H groups in total. The summed E-state index contributed by atoms with van der Waals surface area (Å²) in [5, 5.41) is 6.03. The van der Waals surface area contributed by atoms with Crippen LogP contribution in [0.3, 0.4) is 0 Å². The fourth-order valence-corrected chi connectivity index (χ4v) is 2.63. The highest BCUT2D eigenvalue weighted by Crippen LogP contribution is 2.32. The Morgan fingerprint density at radius 1 is 1.14 bits per heavy atom. The van der Waals surface area contributed by atoms with E-state index < -0.39 is 0 Å². The monoisotopic (exact) mass is 361 g/mol. The van der Waals surface area contributed by atoms with E-state index in [4.69, 9.17) is 17.3 Å². The van der Waals surface area contributed by atoms with Crippen LogP contribution in [-0.2, 0) is 0 Å². The quantitative estimate of drug-likeness (QED) is 0.609. The van der Waals surface area contributed by atoms with E-state index in [0.29, 0.717) is 5.02 Å². The van der Waals surface area contributed by atoms with Gasteiger partial charge < -0.3 is 11.1 Å². The Kier molecular flexibility index (Phi) is 3.74. The highest BCUT2D eigenvalue weighted by molar-refractivity contribution is 9.10. The molecule has 0 unspecified atom stereocenters. The van der Waals surface area contributed by atoms with Gasteiger partial charge in [0, 0.05) is 44.2 Å². The summed E-state index contributed by atoms with van der Waals surface area (Å²) in [4.78, 5) is 4.31. The second-order valence-corrected chi connectivity index (χ2v) is 6.09. The molecule has 0 fully saturated rings. The van der Waals surface area contributed by atoms with Gasteiger partial charge in [0.1, 0.15) is 0 Å². The largest absolute Gasteiger partial charge is 0.398 e. The highest BCUT2D eigenvalue weighted by atomic mass is 79.9. The number of aromatic nitrogens is 1. The van der Waals surface area contributed by atoms with Crippen LogP contribution < -0.4 is 11.1 Å². The van der Waals surface area contributed by atoms with E-state index in [1.54, 1.807) is 6.20 Å². The molecule has 0 radical (unpaired) electrons. The predicted octanol–water partition coefficient (Wildman–Crippen LogP) is 5.28. The van der Waals surface area contributed by atoms with E-state index in [1.807, 2.05) is 43.3 Å². The summed E-state index contributed by atoms with van der Waals surface area (Å²) in [6, 6.07) is 11.6. The van der Waals surface area contributed by atoms with Crippen LogP contribution in [-0.4, -0.2) is 4.98 Å². The standard InChI is InChI=1S/C16H13BrClN3/c1-9-6-11-12(8-20-9)15(19)4-5-16(11)21-10-2-3-13(17)14(18)7-10/h2-8,21H,19H2,1H3. The summed E-state index contributed by atoms with van der Waals surface area (Å²) in [6.45, 7) is 1.96. The number of nitrogens with zero attached hydrogens (tertiary/aromatic N) is 1. The molecule has 21 heavy (non-hydrogen) atoms. The molecule has 0 saturated carbocycles. The van der Waals surface area contributed by atoms with Gasteiger partial charge in [-0.1, -0.05) is 11.6 Å². The first kappa shape index (κ1) is 14.2. The fraction of sp³-hybridized carbons (Fsp3) is 0.0625. The normalized spacial score (nSPS) is 10.8. The molecule has 0 aliphatic heterocycles. The summed E-state index contributed by atoms with van der Waals surface area (Å²) in [7, 11) is 0. The first-order valence-corrected chi connectivity index (χ1v) is 7.58. The number of hydrogen-bond acceptors (Lipinski definition) is 3. The number of halogens is 2. The van der Waals surface area contributed by atoms with E-state index in [9.17, 15) is 0 Å². The zero-order valence-electron chi connectivity index (χ0n) is 11.3. The lowest BCUT2D eigenvalue weighted by atomic mass is 10.1. The van der Waals surface area contributed by atoms with Crippen molar-refractivity contribution in [2.45, 2.75) is 6.92 Å². The number of fused-ring (bicyclic) bond motifs is 1. The van der Waals surface area contributed by atoms with E-state index in [1.165, 1.54) is 0 Å². The van der Waals surface area contributed by atoms with Gasteiger partial charge in [0.25, 0.3) is 0 Å². The topological polar surface area (TPSA) is 50.9 Å². The third-order valence-corrected chi connectivity index (χ3v) is 4.50. The maximum Gasteiger partial charge on any atom is 0.0568 e. The number of rotatable bonds is 2. The smallest absolute Gasteiger partial charge is 0.0568 e.